The Morgan fingerprint density at radius 2 is 1.89 bits per heavy atom. The number of nitrogens with one attached hydrogen (secondary N) is 1. The molecule has 0 bridgehead atoms. The van der Waals surface area contributed by atoms with E-state index >= 15 is 0 Å². The summed E-state index contributed by atoms with van der Waals surface area (Å²) in [7, 11) is 0. The fourth-order valence-electron chi connectivity index (χ4n) is 5.30. The molecule has 0 aromatic carbocycles. The van der Waals surface area contributed by atoms with Crippen LogP contribution in [-0.2, 0) is 0 Å². The van der Waals surface area contributed by atoms with Crippen LogP contribution in [0.2, 0.25) is 0 Å². The molecule has 19 heavy (non-hydrogen) atoms. The predicted molar refractivity (Wildman–Crippen MR) is 84.2 cm³/mol. The zero-order chi connectivity index (χ0) is 14.0. The number of rotatable bonds is 4. The van der Waals surface area contributed by atoms with E-state index in [0.29, 0.717) is 0 Å². The highest BCUT2D eigenvalue weighted by atomic mass is 14.9. The number of piperidine rings is 1. The highest BCUT2D eigenvalue weighted by Gasteiger charge is 2.36. The van der Waals surface area contributed by atoms with Gasteiger partial charge in [0, 0.05) is 6.04 Å². The molecule has 112 valence electrons. The molecule has 1 heteroatoms. The maximum atomic E-state index is 3.67. The second-order valence-electron chi connectivity index (χ2n) is 7.79. The first kappa shape index (κ1) is 15.4. The Hall–Kier alpha value is -0.0400. The van der Waals surface area contributed by atoms with Crippen LogP contribution in [-0.4, -0.2) is 12.6 Å². The summed E-state index contributed by atoms with van der Waals surface area (Å²) in [6.45, 7) is 13.5. The molecule has 2 fully saturated rings. The fraction of sp³-hybridized carbons (Fsp3) is 1.00. The van der Waals surface area contributed by atoms with Crippen molar-refractivity contribution in [3.63, 3.8) is 0 Å². The van der Waals surface area contributed by atoms with Gasteiger partial charge in [-0.1, -0.05) is 34.1 Å². The standard InChI is InChI=1S/C18H35N/c1-6-17-15(5)19-8-7-16(17)11-14(4)18-10-12(2)9-13(18)3/h12-19H,6-11H2,1-5H3. The van der Waals surface area contributed by atoms with Gasteiger partial charge in [-0.05, 0) is 74.7 Å². The molecule has 1 saturated carbocycles. The Morgan fingerprint density at radius 3 is 2.47 bits per heavy atom. The summed E-state index contributed by atoms with van der Waals surface area (Å²) < 4.78 is 0. The van der Waals surface area contributed by atoms with E-state index in [0.717, 1.165) is 41.5 Å². The van der Waals surface area contributed by atoms with E-state index in [-0.39, 0.29) is 0 Å². The van der Waals surface area contributed by atoms with E-state index in [1.54, 1.807) is 0 Å². The maximum absolute atomic E-state index is 3.67. The van der Waals surface area contributed by atoms with Crippen molar-refractivity contribution in [2.24, 2.45) is 35.5 Å². The summed E-state index contributed by atoms with van der Waals surface area (Å²) in [6, 6.07) is 0.732. The lowest BCUT2D eigenvalue weighted by atomic mass is 9.72. The van der Waals surface area contributed by atoms with Crippen molar-refractivity contribution < 1.29 is 0 Å². The Labute approximate surface area is 120 Å². The zero-order valence-corrected chi connectivity index (χ0v) is 13.8. The average Bonchev–Trinajstić information content (AvgIpc) is 2.69. The first-order valence-corrected chi connectivity index (χ1v) is 8.76. The lowest BCUT2D eigenvalue weighted by Gasteiger charge is -2.39. The highest BCUT2D eigenvalue weighted by molar-refractivity contribution is 4.88. The minimum Gasteiger partial charge on any atom is -0.314 e. The monoisotopic (exact) mass is 265 g/mol. The van der Waals surface area contributed by atoms with Crippen LogP contribution >= 0.6 is 0 Å². The van der Waals surface area contributed by atoms with Crippen LogP contribution < -0.4 is 5.32 Å². The van der Waals surface area contributed by atoms with E-state index in [1.807, 2.05) is 0 Å². The van der Waals surface area contributed by atoms with Gasteiger partial charge in [0.25, 0.3) is 0 Å². The molecule has 1 N–H and O–H groups in total. The second kappa shape index (κ2) is 6.61. The molecule has 7 atom stereocenters. The summed E-state index contributed by atoms with van der Waals surface area (Å²) in [6.07, 6.45) is 7.19. The van der Waals surface area contributed by atoms with Gasteiger partial charge in [-0.15, -0.1) is 0 Å². The molecule has 2 rings (SSSR count). The van der Waals surface area contributed by atoms with Crippen molar-refractivity contribution in [2.75, 3.05) is 6.54 Å². The summed E-state index contributed by atoms with van der Waals surface area (Å²) >= 11 is 0. The molecule has 1 aliphatic carbocycles. The molecule has 1 saturated heterocycles. The maximum Gasteiger partial charge on any atom is 0.00695 e. The summed E-state index contributed by atoms with van der Waals surface area (Å²) in [5.41, 5.74) is 0. The second-order valence-corrected chi connectivity index (χ2v) is 7.79. The molecule has 0 spiro atoms. The molecule has 0 aromatic rings. The molecular weight excluding hydrogens is 230 g/mol. The molecule has 1 heterocycles. The van der Waals surface area contributed by atoms with Crippen molar-refractivity contribution in [3.8, 4) is 0 Å². The molecule has 0 aromatic heterocycles. The van der Waals surface area contributed by atoms with Crippen LogP contribution in [0.1, 0.15) is 66.7 Å². The van der Waals surface area contributed by atoms with Gasteiger partial charge in [0.1, 0.15) is 0 Å². The minimum absolute atomic E-state index is 0.732. The predicted octanol–water partition coefficient (Wildman–Crippen LogP) is 4.72. The minimum atomic E-state index is 0.732. The van der Waals surface area contributed by atoms with Crippen molar-refractivity contribution in [1.82, 2.24) is 5.32 Å². The fourth-order valence-corrected chi connectivity index (χ4v) is 5.30. The van der Waals surface area contributed by atoms with Gasteiger partial charge in [0.15, 0.2) is 0 Å². The zero-order valence-electron chi connectivity index (χ0n) is 13.8. The van der Waals surface area contributed by atoms with E-state index in [2.05, 4.69) is 39.9 Å². The lowest BCUT2D eigenvalue weighted by Crippen LogP contribution is -2.44. The molecule has 0 radical (unpaired) electrons. The molecule has 2 aliphatic rings. The summed E-state index contributed by atoms with van der Waals surface area (Å²) in [4.78, 5) is 0. The lowest BCUT2D eigenvalue weighted by molar-refractivity contribution is 0.139. The van der Waals surface area contributed by atoms with Gasteiger partial charge in [-0.3, -0.25) is 0 Å². The van der Waals surface area contributed by atoms with Crippen molar-refractivity contribution in [1.29, 1.82) is 0 Å². The molecule has 7 unspecified atom stereocenters. The van der Waals surface area contributed by atoms with Crippen molar-refractivity contribution in [2.45, 2.75) is 72.8 Å². The van der Waals surface area contributed by atoms with Crippen LogP contribution in [0.25, 0.3) is 0 Å². The molecule has 0 amide bonds. The quantitative estimate of drug-likeness (QED) is 0.775. The van der Waals surface area contributed by atoms with Crippen LogP contribution in [0.4, 0.5) is 0 Å². The smallest absolute Gasteiger partial charge is 0.00695 e. The van der Waals surface area contributed by atoms with Crippen LogP contribution in [0.5, 0.6) is 0 Å². The Morgan fingerprint density at radius 1 is 1.16 bits per heavy atom. The summed E-state index contributed by atoms with van der Waals surface area (Å²) in [5.74, 6) is 5.74. The first-order chi connectivity index (χ1) is 9.02. The average molecular weight is 265 g/mol. The topological polar surface area (TPSA) is 12.0 Å². The first-order valence-electron chi connectivity index (χ1n) is 8.76. The van der Waals surface area contributed by atoms with E-state index in [9.17, 15) is 0 Å². The van der Waals surface area contributed by atoms with E-state index in [4.69, 9.17) is 0 Å². The third-order valence-corrected chi connectivity index (χ3v) is 6.29. The third kappa shape index (κ3) is 3.54. The third-order valence-electron chi connectivity index (χ3n) is 6.29. The largest absolute Gasteiger partial charge is 0.314 e. The van der Waals surface area contributed by atoms with Crippen molar-refractivity contribution >= 4 is 0 Å². The Balaban J connectivity index is 1.92. The highest BCUT2D eigenvalue weighted by Crippen LogP contribution is 2.43. The SMILES string of the molecule is CCC1C(CC(C)C2CC(C)CC2C)CCNC1C. The molecule has 1 aliphatic heterocycles. The molecular formula is C18H35N. The van der Waals surface area contributed by atoms with Gasteiger partial charge >= 0.3 is 0 Å². The van der Waals surface area contributed by atoms with Gasteiger partial charge < -0.3 is 5.32 Å². The summed E-state index contributed by atoms with van der Waals surface area (Å²) in [5, 5.41) is 3.67. The van der Waals surface area contributed by atoms with Gasteiger partial charge in [0.05, 0.1) is 0 Å². The van der Waals surface area contributed by atoms with Gasteiger partial charge in [0.2, 0.25) is 0 Å². The molecule has 1 nitrogen and oxygen atoms in total. The Kier molecular flexibility index (Phi) is 5.34. The van der Waals surface area contributed by atoms with Gasteiger partial charge in [-0.25, -0.2) is 0 Å². The van der Waals surface area contributed by atoms with E-state index < -0.39 is 0 Å². The number of hydrogen-bond acceptors (Lipinski definition) is 1. The normalized spacial score (nSPS) is 45.3. The number of hydrogen-bond donors (Lipinski definition) is 1. The van der Waals surface area contributed by atoms with Crippen LogP contribution in [0.15, 0.2) is 0 Å². The van der Waals surface area contributed by atoms with Gasteiger partial charge in [-0.2, -0.15) is 0 Å². The Bertz CT molecular complexity index is 275. The van der Waals surface area contributed by atoms with E-state index in [1.165, 1.54) is 38.6 Å². The van der Waals surface area contributed by atoms with Crippen molar-refractivity contribution in [3.05, 3.63) is 0 Å². The van der Waals surface area contributed by atoms with Crippen LogP contribution in [0, 0.1) is 35.5 Å². The van der Waals surface area contributed by atoms with Crippen LogP contribution in [0.3, 0.4) is 0 Å².